The molecule has 116 valence electrons. The van der Waals surface area contributed by atoms with E-state index in [9.17, 15) is 22.7 Å². The second kappa shape index (κ2) is 6.53. The lowest BCUT2D eigenvalue weighted by atomic mass is 9.84. The summed E-state index contributed by atoms with van der Waals surface area (Å²) in [7, 11) is -3.97. The molecule has 0 heterocycles. The van der Waals surface area contributed by atoms with Crippen LogP contribution in [0.4, 0.5) is 4.39 Å². The summed E-state index contributed by atoms with van der Waals surface area (Å²) in [6, 6.07) is 3.17. The number of hydrogen-bond donors (Lipinski definition) is 2. The lowest BCUT2D eigenvalue weighted by molar-refractivity contribution is -0.140. The SMILES string of the molecule is O=C(O)[C@H](NS(=O)(=O)c1ccc(F)cc1)C1CCCCC1. The Kier molecular flexibility index (Phi) is 4.95. The number of aliphatic carboxylic acids is 1. The predicted octanol–water partition coefficient (Wildman–Crippen LogP) is 2.14. The summed E-state index contributed by atoms with van der Waals surface area (Å²) in [6.45, 7) is 0. The third-order valence-corrected chi connectivity index (χ3v) is 5.25. The molecule has 1 atom stereocenters. The van der Waals surface area contributed by atoms with Crippen LogP contribution in [-0.4, -0.2) is 25.5 Å². The molecule has 1 aliphatic rings. The Bertz CT molecular complexity index is 594. The van der Waals surface area contributed by atoms with Gasteiger partial charge in [-0.2, -0.15) is 4.72 Å². The fraction of sp³-hybridized carbons (Fsp3) is 0.500. The van der Waals surface area contributed by atoms with Crippen LogP contribution in [0.2, 0.25) is 0 Å². The van der Waals surface area contributed by atoms with Gasteiger partial charge >= 0.3 is 5.97 Å². The molecular weight excluding hydrogens is 297 g/mol. The Morgan fingerprint density at radius 3 is 2.29 bits per heavy atom. The number of carbonyl (C=O) groups is 1. The lowest BCUT2D eigenvalue weighted by Gasteiger charge is -2.27. The molecule has 0 aliphatic heterocycles. The summed E-state index contributed by atoms with van der Waals surface area (Å²) >= 11 is 0. The normalized spacial score (nSPS) is 18.3. The number of carboxylic acids is 1. The van der Waals surface area contributed by atoms with Gasteiger partial charge in [-0.15, -0.1) is 0 Å². The first-order valence-corrected chi connectivity index (χ1v) is 8.39. The van der Waals surface area contributed by atoms with Crippen molar-refractivity contribution in [3.63, 3.8) is 0 Å². The fourth-order valence-electron chi connectivity index (χ4n) is 2.66. The molecule has 0 amide bonds. The zero-order chi connectivity index (χ0) is 15.5. The second-order valence-corrected chi connectivity index (χ2v) is 7.00. The highest BCUT2D eigenvalue weighted by molar-refractivity contribution is 7.89. The molecule has 0 saturated heterocycles. The number of carboxylic acid groups (broad SMARTS) is 1. The number of benzene rings is 1. The number of hydrogen-bond acceptors (Lipinski definition) is 3. The van der Waals surface area contributed by atoms with Crippen LogP contribution >= 0.6 is 0 Å². The third kappa shape index (κ3) is 4.01. The Labute approximate surface area is 123 Å². The average molecular weight is 315 g/mol. The monoisotopic (exact) mass is 315 g/mol. The van der Waals surface area contributed by atoms with E-state index in [1.54, 1.807) is 0 Å². The largest absolute Gasteiger partial charge is 0.480 e. The fourth-order valence-corrected chi connectivity index (χ4v) is 3.92. The zero-order valence-corrected chi connectivity index (χ0v) is 12.3. The van der Waals surface area contributed by atoms with Gasteiger partial charge in [-0.1, -0.05) is 19.3 Å². The standard InChI is InChI=1S/C14H18FNO4S/c15-11-6-8-12(9-7-11)21(19,20)16-13(14(17)18)10-4-2-1-3-5-10/h6-10,13,16H,1-5H2,(H,17,18)/t13-/m1/s1. The van der Waals surface area contributed by atoms with Crippen molar-refractivity contribution in [1.82, 2.24) is 4.72 Å². The van der Waals surface area contributed by atoms with Gasteiger partial charge in [0.25, 0.3) is 0 Å². The maximum absolute atomic E-state index is 12.8. The van der Waals surface area contributed by atoms with Crippen LogP contribution < -0.4 is 4.72 Å². The molecule has 0 unspecified atom stereocenters. The number of rotatable bonds is 5. The molecule has 7 heteroatoms. The first-order valence-electron chi connectivity index (χ1n) is 6.91. The van der Waals surface area contributed by atoms with Crippen LogP contribution in [0.5, 0.6) is 0 Å². The molecule has 1 aromatic rings. The molecular formula is C14H18FNO4S. The Morgan fingerprint density at radius 2 is 1.76 bits per heavy atom. The summed E-state index contributed by atoms with van der Waals surface area (Å²) in [5.41, 5.74) is 0. The van der Waals surface area contributed by atoms with E-state index in [4.69, 9.17) is 0 Å². The lowest BCUT2D eigenvalue weighted by Crippen LogP contribution is -2.46. The molecule has 1 aliphatic carbocycles. The molecule has 0 spiro atoms. The molecule has 0 aromatic heterocycles. The predicted molar refractivity (Wildman–Crippen MR) is 74.7 cm³/mol. The van der Waals surface area contributed by atoms with Crippen LogP contribution in [0.3, 0.4) is 0 Å². The number of halogens is 1. The minimum Gasteiger partial charge on any atom is -0.480 e. The van der Waals surface area contributed by atoms with Crippen LogP contribution in [0, 0.1) is 11.7 Å². The van der Waals surface area contributed by atoms with Crippen LogP contribution in [0.25, 0.3) is 0 Å². The highest BCUT2D eigenvalue weighted by atomic mass is 32.2. The van der Waals surface area contributed by atoms with E-state index >= 15 is 0 Å². The zero-order valence-electron chi connectivity index (χ0n) is 11.5. The minimum atomic E-state index is -3.97. The third-order valence-electron chi connectivity index (χ3n) is 3.79. The van der Waals surface area contributed by atoms with E-state index in [0.717, 1.165) is 43.5 Å². The van der Waals surface area contributed by atoms with E-state index in [1.165, 1.54) is 0 Å². The highest BCUT2D eigenvalue weighted by Gasteiger charge is 2.33. The van der Waals surface area contributed by atoms with Crippen molar-refractivity contribution in [2.24, 2.45) is 5.92 Å². The van der Waals surface area contributed by atoms with E-state index in [2.05, 4.69) is 4.72 Å². The van der Waals surface area contributed by atoms with Gasteiger partial charge in [-0.05, 0) is 43.0 Å². The number of nitrogens with one attached hydrogen (secondary N) is 1. The highest BCUT2D eigenvalue weighted by Crippen LogP contribution is 2.27. The van der Waals surface area contributed by atoms with Gasteiger partial charge in [0, 0.05) is 0 Å². The maximum Gasteiger partial charge on any atom is 0.322 e. The van der Waals surface area contributed by atoms with Gasteiger partial charge in [0.2, 0.25) is 10.0 Å². The smallest absolute Gasteiger partial charge is 0.322 e. The van der Waals surface area contributed by atoms with E-state index in [0.29, 0.717) is 12.8 Å². The average Bonchev–Trinajstić information content (AvgIpc) is 2.46. The first-order chi connectivity index (χ1) is 9.90. The maximum atomic E-state index is 12.8. The van der Waals surface area contributed by atoms with Crippen molar-refractivity contribution < 1.29 is 22.7 Å². The summed E-state index contributed by atoms with van der Waals surface area (Å²) in [5.74, 6) is -1.92. The molecule has 2 rings (SSSR count). The van der Waals surface area contributed by atoms with Crippen molar-refractivity contribution in [3.8, 4) is 0 Å². The molecule has 0 bridgehead atoms. The van der Waals surface area contributed by atoms with Crippen molar-refractivity contribution in [2.45, 2.75) is 43.0 Å². The van der Waals surface area contributed by atoms with E-state index in [-0.39, 0.29) is 10.8 Å². The molecule has 1 saturated carbocycles. The van der Waals surface area contributed by atoms with Crippen molar-refractivity contribution in [1.29, 1.82) is 0 Å². The van der Waals surface area contributed by atoms with Crippen molar-refractivity contribution in [3.05, 3.63) is 30.1 Å². The van der Waals surface area contributed by atoms with Gasteiger partial charge in [0.15, 0.2) is 0 Å². The summed E-state index contributed by atoms with van der Waals surface area (Å²) in [4.78, 5) is 11.2. The van der Waals surface area contributed by atoms with Crippen LogP contribution in [0.15, 0.2) is 29.2 Å². The van der Waals surface area contributed by atoms with Gasteiger partial charge in [0.05, 0.1) is 4.90 Å². The Balaban J connectivity index is 2.18. The van der Waals surface area contributed by atoms with Gasteiger partial charge in [0.1, 0.15) is 11.9 Å². The molecule has 1 aromatic carbocycles. The Hall–Kier alpha value is -1.47. The minimum absolute atomic E-state index is 0.133. The Morgan fingerprint density at radius 1 is 1.19 bits per heavy atom. The molecule has 0 radical (unpaired) electrons. The molecule has 2 N–H and O–H groups in total. The molecule has 5 nitrogen and oxygen atoms in total. The van der Waals surface area contributed by atoms with Gasteiger partial charge in [-0.25, -0.2) is 12.8 Å². The molecule has 21 heavy (non-hydrogen) atoms. The van der Waals surface area contributed by atoms with Gasteiger partial charge < -0.3 is 5.11 Å². The van der Waals surface area contributed by atoms with E-state index < -0.39 is 27.9 Å². The van der Waals surface area contributed by atoms with Crippen LogP contribution in [-0.2, 0) is 14.8 Å². The van der Waals surface area contributed by atoms with E-state index in [1.807, 2.05) is 0 Å². The summed E-state index contributed by atoms with van der Waals surface area (Å²) < 4.78 is 39.5. The molecule has 1 fully saturated rings. The summed E-state index contributed by atoms with van der Waals surface area (Å²) in [5, 5.41) is 9.29. The van der Waals surface area contributed by atoms with Crippen molar-refractivity contribution >= 4 is 16.0 Å². The second-order valence-electron chi connectivity index (χ2n) is 5.29. The number of sulfonamides is 1. The van der Waals surface area contributed by atoms with Gasteiger partial charge in [-0.3, -0.25) is 4.79 Å². The first kappa shape index (κ1) is 15.9. The quantitative estimate of drug-likeness (QED) is 0.872. The van der Waals surface area contributed by atoms with Crippen LogP contribution in [0.1, 0.15) is 32.1 Å². The summed E-state index contributed by atoms with van der Waals surface area (Å²) in [6.07, 6.45) is 4.26. The van der Waals surface area contributed by atoms with Crippen molar-refractivity contribution in [2.75, 3.05) is 0 Å². The topological polar surface area (TPSA) is 83.5 Å².